The Bertz CT molecular complexity index is 426. The minimum Gasteiger partial charge on any atom is -0.368 e. The summed E-state index contributed by atoms with van der Waals surface area (Å²) < 4.78 is 0. The number of rotatable bonds is 5. The predicted octanol–water partition coefficient (Wildman–Crippen LogP) is 2.84. The van der Waals surface area contributed by atoms with E-state index in [4.69, 9.17) is 11.6 Å². The van der Waals surface area contributed by atoms with Crippen molar-refractivity contribution in [2.75, 3.05) is 44.7 Å². The molecule has 4 heteroatoms. The van der Waals surface area contributed by atoms with Crippen LogP contribution in [0.3, 0.4) is 0 Å². The second-order valence-corrected chi connectivity index (χ2v) is 6.51. The first-order valence-electron chi connectivity index (χ1n) is 7.49. The number of hydrogen-bond donors (Lipinski definition) is 1. The molecule has 0 bridgehead atoms. The van der Waals surface area contributed by atoms with Gasteiger partial charge in [-0.05, 0) is 37.2 Å². The Labute approximate surface area is 127 Å². The van der Waals surface area contributed by atoms with E-state index in [1.54, 1.807) is 0 Å². The van der Waals surface area contributed by atoms with Gasteiger partial charge in [-0.3, -0.25) is 0 Å². The molecule has 1 saturated heterocycles. The monoisotopic (exact) mass is 295 g/mol. The number of halogens is 1. The maximum absolute atomic E-state index is 6.46. The van der Waals surface area contributed by atoms with E-state index in [0.29, 0.717) is 5.92 Å². The van der Waals surface area contributed by atoms with Crippen LogP contribution in [-0.2, 0) is 6.54 Å². The predicted molar refractivity (Wildman–Crippen MR) is 87.7 cm³/mol. The van der Waals surface area contributed by atoms with Crippen LogP contribution in [-0.4, -0.2) is 44.7 Å². The fraction of sp³-hybridized carbons (Fsp3) is 0.625. The molecule has 0 spiro atoms. The normalized spacial score (nSPS) is 16.9. The van der Waals surface area contributed by atoms with Crippen molar-refractivity contribution in [1.82, 2.24) is 10.2 Å². The molecule has 112 valence electrons. The van der Waals surface area contributed by atoms with E-state index in [9.17, 15) is 0 Å². The fourth-order valence-corrected chi connectivity index (χ4v) is 2.79. The van der Waals surface area contributed by atoms with Crippen molar-refractivity contribution in [2.24, 2.45) is 5.92 Å². The molecule has 3 nitrogen and oxygen atoms in total. The maximum Gasteiger partial charge on any atom is 0.0642 e. The van der Waals surface area contributed by atoms with Crippen LogP contribution < -0.4 is 10.2 Å². The molecule has 1 aromatic rings. The molecule has 0 aliphatic carbocycles. The van der Waals surface area contributed by atoms with E-state index >= 15 is 0 Å². The third-order valence-corrected chi connectivity index (χ3v) is 4.04. The zero-order chi connectivity index (χ0) is 14.5. The van der Waals surface area contributed by atoms with Crippen molar-refractivity contribution < 1.29 is 0 Å². The summed E-state index contributed by atoms with van der Waals surface area (Å²) in [6.45, 7) is 10.7. The second-order valence-electron chi connectivity index (χ2n) is 6.10. The zero-order valence-corrected chi connectivity index (χ0v) is 13.6. The minimum atomic E-state index is 0.676. The summed E-state index contributed by atoms with van der Waals surface area (Å²) in [6, 6.07) is 6.45. The summed E-state index contributed by atoms with van der Waals surface area (Å²) in [5.74, 6) is 0.676. The second kappa shape index (κ2) is 7.30. The maximum atomic E-state index is 6.46. The SMILES string of the molecule is CC(C)CNCc1ccc(N2CCN(C)CC2)c(Cl)c1. The number of anilines is 1. The molecule has 20 heavy (non-hydrogen) atoms. The third-order valence-electron chi connectivity index (χ3n) is 3.74. The first-order chi connectivity index (χ1) is 9.56. The van der Waals surface area contributed by atoms with Gasteiger partial charge in [-0.25, -0.2) is 0 Å². The van der Waals surface area contributed by atoms with Gasteiger partial charge in [0.2, 0.25) is 0 Å². The van der Waals surface area contributed by atoms with Crippen LogP contribution in [0.1, 0.15) is 19.4 Å². The highest BCUT2D eigenvalue weighted by Gasteiger charge is 2.16. The quantitative estimate of drug-likeness (QED) is 0.901. The lowest BCUT2D eigenvalue weighted by atomic mass is 10.1. The molecule has 2 rings (SSSR count). The van der Waals surface area contributed by atoms with E-state index < -0.39 is 0 Å². The molecule has 0 atom stereocenters. The van der Waals surface area contributed by atoms with Crippen molar-refractivity contribution in [2.45, 2.75) is 20.4 Å². The molecule has 1 heterocycles. The van der Waals surface area contributed by atoms with E-state index in [-0.39, 0.29) is 0 Å². The standard InChI is InChI=1S/C16H26ClN3/c1-13(2)11-18-12-14-4-5-16(15(17)10-14)20-8-6-19(3)7-9-20/h4-5,10,13,18H,6-9,11-12H2,1-3H3. The summed E-state index contributed by atoms with van der Waals surface area (Å²) in [6.07, 6.45) is 0. The van der Waals surface area contributed by atoms with Crippen LogP contribution in [0.4, 0.5) is 5.69 Å². The Balaban J connectivity index is 1.95. The first-order valence-corrected chi connectivity index (χ1v) is 7.86. The summed E-state index contributed by atoms with van der Waals surface area (Å²) in [5.41, 5.74) is 2.43. The fourth-order valence-electron chi connectivity index (χ4n) is 2.47. The summed E-state index contributed by atoms with van der Waals surface area (Å²) >= 11 is 6.46. The lowest BCUT2D eigenvalue weighted by molar-refractivity contribution is 0.313. The van der Waals surface area contributed by atoms with E-state index in [1.165, 1.54) is 11.3 Å². The molecule has 0 radical (unpaired) electrons. The first kappa shape index (κ1) is 15.6. The van der Waals surface area contributed by atoms with Gasteiger partial charge in [0.25, 0.3) is 0 Å². The van der Waals surface area contributed by atoms with Crippen LogP contribution in [0, 0.1) is 5.92 Å². The van der Waals surface area contributed by atoms with Gasteiger partial charge < -0.3 is 15.1 Å². The van der Waals surface area contributed by atoms with Gasteiger partial charge in [0, 0.05) is 32.7 Å². The molecule has 1 N–H and O–H groups in total. The average Bonchev–Trinajstić information content (AvgIpc) is 2.40. The van der Waals surface area contributed by atoms with Crippen molar-refractivity contribution in [3.63, 3.8) is 0 Å². The molecule has 1 aliphatic heterocycles. The Hall–Kier alpha value is -0.770. The molecule has 1 aliphatic rings. The summed E-state index contributed by atoms with van der Waals surface area (Å²) in [7, 11) is 2.17. The molecule has 0 aromatic heterocycles. The smallest absolute Gasteiger partial charge is 0.0642 e. The zero-order valence-electron chi connectivity index (χ0n) is 12.8. The molecule has 0 unspecified atom stereocenters. The molecule has 0 saturated carbocycles. The van der Waals surface area contributed by atoms with E-state index in [1.807, 2.05) is 0 Å². The molecular weight excluding hydrogens is 270 g/mol. The largest absolute Gasteiger partial charge is 0.368 e. The van der Waals surface area contributed by atoms with Crippen LogP contribution in [0.5, 0.6) is 0 Å². The number of piperazine rings is 1. The number of benzene rings is 1. The van der Waals surface area contributed by atoms with Crippen LogP contribution in [0.2, 0.25) is 5.02 Å². The summed E-state index contributed by atoms with van der Waals surface area (Å²) in [5, 5.41) is 4.33. The van der Waals surface area contributed by atoms with Gasteiger partial charge in [0.1, 0.15) is 0 Å². The molecular formula is C16H26ClN3. The van der Waals surface area contributed by atoms with Gasteiger partial charge in [-0.2, -0.15) is 0 Å². The molecule has 1 fully saturated rings. The van der Waals surface area contributed by atoms with Crippen LogP contribution >= 0.6 is 11.6 Å². The Morgan fingerprint density at radius 1 is 1.20 bits per heavy atom. The number of likely N-dealkylation sites (N-methyl/N-ethyl adjacent to an activating group) is 1. The van der Waals surface area contributed by atoms with Crippen molar-refractivity contribution in [1.29, 1.82) is 0 Å². The number of nitrogens with zero attached hydrogens (tertiary/aromatic N) is 2. The summed E-state index contributed by atoms with van der Waals surface area (Å²) in [4.78, 5) is 4.74. The van der Waals surface area contributed by atoms with Gasteiger partial charge in [-0.1, -0.05) is 31.5 Å². The van der Waals surface area contributed by atoms with E-state index in [0.717, 1.165) is 44.3 Å². The van der Waals surface area contributed by atoms with Crippen molar-refractivity contribution in [3.05, 3.63) is 28.8 Å². The average molecular weight is 296 g/mol. The Kier molecular flexibility index (Phi) is 5.70. The topological polar surface area (TPSA) is 18.5 Å². The van der Waals surface area contributed by atoms with Crippen LogP contribution in [0.25, 0.3) is 0 Å². The third kappa shape index (κ3) is 4.37. The van der Waals surface area contributed by atoms with Crippen molar-refractivity contribution in [3.8, 4) is 0 Å². The van der Waals surface area contributed by atoms with Gasteiger partial charge in [0.15, 0.2) is 0 Å². The molecule has 1 aromatic carbocycles. The lowest BCUT2D eigenvalue weighted by Gasteiger charge is -2.34. The highest BCUT2D eigenvalue weighted by molar-refractivity contribution is 6.33. The Morgan fingerprint density at radius 3 is 2.50 bits per heavy atom. The Morgan fingerprint density at radius 2 is 1.90 bits per heavy atom. The number of hydrogen-bond acceptors (Lipinski definition) is 3. The van der Waals surface area contributed by atoms with Crippen LogP contribution in [0.15, 0.2) is 18.2 Å². The molecule has 0 amide bonds. The highest BCUT2D eigenvalue weighted by atomic mass is 35.5. The number of nitrogens with one attached hydrogen (secondary N) is 1. The van der Waals surface area contributed by atoms with Crippen molar-refractivity contribution >= 4 is 17.3 Å². The lowest BCUT2D eigenvalue weighted by Crippen LogP contribution is -2.44. The van der Waals surface area contributed by atoms with Gasteiger partial charge >= 0.3 is 0 Å². The minimum absolute atomic E-state index is 0.676. The van der Waals surface area contributed by atoms with Gasteiger partial charge in [-0.15, -0.1) is 0 Å². The highest BCUT2D eigenvalue weighted by Crippen LogP contribution is 2.27. The van der Waals surface area contributed by atoms with E-state index in [2.05, 4.69) is 54.2 Å². The van der Waals surface area contributed by atoms with Gasteiger partial charge in [0.05, 0.1) is 10.7 Å².